The lowest BCUT2D eigenvalue weighted by molar-refractivity contribution is 0.699. The zero-order valence-corrected chi connectivity index (χ0v) is 10.1. The zero-order chi connectivity index (χ0) is 8.53. The van der Waals surface area contributed by atoms with E-state index < -0.39 is 0 Å². The van der Waals surface area contributed by atoms with Gasteiger partial charge in [0.2, 0.25) is 0 Å². The van der Waals surface area contributed by atoms with Gasteiger partial charge in [0.1, 0.15) is 0 Å². The van der Waals surface area contributed by atoms with Gasteiger partial charge in [-0.25, -0.2) is 0 Å². The lowest BCUT2D eigenvalue weighted by atomic mass is 10.2. The second-order valence-electron chi connectivity index (χ2n) is 3.21. The van der Waals surface area contributed by atoms with Crippen LogP contribution in [0.5, 0.6) is 0 Å². The Balaban J connectivity index is 2.89. The fraction of sp³-hybridized carbons (Fsp3) is 1.00. The van der Waals surface area contributed by atoms with Gasteiger partial charge in [-0.1, -0.05) is 45.6 Å². The van der Waals surface area contributed by atoms with E-state index in [9.17, 15) is 0 Å². The summed E-state index contributed by atoms with van der Waals surface area (Å²) in [6, 6.07) is 1.46. The van der Waals surface area contributed by atoms with Crippen molar-refractivity contribution < 1.29 is 0 Å². The number of hydrogen-bond acceptors (Lipinski definition) is 0. The van der Waals surface area contributed by atoms with Crippen LogP contribution in [0.1, 0.15) is 46.0 Å². The van der Waals surface area contributed by atoms with Crippen molar-refractivity contribution in [2.75, 3.05) is 0 Å². The molecule has 0 aliphatic carbocycles. The maximum atomic E-state index is 6.04. The molecular formula is C9H21ClSi. The summed E-state index contributed by atoms with van der Waals surface area (Å²) >= 11 is 6.04. The highest BCUT2D eigenvalue weighted by Gasteiger charge is 2.00. The highest BCUT2D eigenvalue weighted by Crippen LogP contribution is 2.06. The topological polar surface area (TPSA) is 0 Å². The molecule has 0 aromatic carbocycles. The van der Waals surface area contributed by atoms with Gasteiger partial charge in [-0.15, -0.1) is 11.6 Å². The molecule has 0 N–H and O–H groups in total. The van der Waals surface area contributed by atoms with Gasteiger partial charge in [-0.2, -0.15) is 0 Å². The van der Waals surface area contributed by atoms with Crippen LogP contribution in [0.2, 0.25) is 6.04 Å². The number of halogens is 1. The van der Waals surface area contributed by atoms with Gasteiger partial charge < -0.3 is 0 Å². The van der Waals surface area contributed by atoms with Crippen LogP contribution in [0.15, 0.2) is 0 Å². The van der Waals surface area contributed by atoms with Gasteiger partial charge in [0, 0.05) is 14.5 Å². The Morgan fingerprint density at radius 1 is 1.18 bits per heavy atom. The molecule has 1 atom stereocenters. The van der Waals surface area contributed by atoms with Gasteiger partial charge in [-0.05, 0) is 6.42 Å². The summed E-state index contributed by atoms with van der Waals surface area (Å²) in [6.07, 6.45) is 6.80. The van der Waals surface area contributed by atoms with E-state index in [0.717, 1.165) is 0 Å². The maximum Gasteiger partial charge on any atom is 0.0418 e. The maximum absolute atomic E-state index is 6.04. The molecule has 2 heteroatoms. The van der Waals surface area contributed by atoms with Crippen LogP contribution in [-0.2, 0) is 0 Å². The Morgan fingerprint density at radius 2 is 1.91 bits per heavy atom. The molecule has 0 spiro atoms. The molecule has 0 saturated carbocycles. The minimum absolute atomic E-state index is 0.0731. The fourth-order valence-corrected chi connectivity index (χ4v) is 3.13. The predicted octanol–water partition coefficient (Wildman–Crippen LogP) is 3.13. The SMILES string of the molecule is CCCCCC[SiH2]C(Cl)CC. The molecule has 0 amide bonds. The molecule has 0 aromatic heterocycles. The predicted molar refractivity (Wildman–Crippen MR) is 57.4 cm³/mol. The first-order valence-corrected chi connectivity index (χ1v) is 7.20. The lowest BCUT2D eigenvalue weighted by Gasteiger charge is -2.03. The average molecular weight is 193 g/mol. The zero-order valence-electron chi connectivity index (χ0n) is 7.91. The third-order valence-electron chi connectivity index (χ3n) is 2.06. The standard InChI is InChI=1S/C9H21ClSi/c1-3-5-6-7-8-11-9(10)4-2/h9H,3-8,11H2,1-2H3. The molecule has 1 unspecified atom stereocenters. The van der Waals surface area contributed by atoms with Crippen LogP contribution >= 0.6 is 11.6 Å². The number of hydrogen-bond donors (Lipinski definition) is 0. The normalized spacial score (nSPS) is 14.5. The highest BCUT2D eigenvalue weighted by molar-refractivity contribution is 6.53. The Bertz CT molecular complexity index is 76.0. The summed E-state index contributed by atoms with van der Waals surface area (Å²) in [5.41, 5.74) is 0. The Kier molecular flexibility index (Phi) is 9.00. The molecule has 11 heavy (non-hydrogen) atoms. The first-order chi connectivity index (χ1) is 5.31. The monoisotopic (exact) mass is 192 g/mol. The molecule has 0 heterocycles. The summed E-state index contributed by atoms with van der Waals surface area (Å²) in [4.78, 5) is 0. The third-order valence-corrected chi connectivity index (χ3v) is 5.14. The van der Waals surface area contributed by atoms with Crippen molar-refractivity contribution in [3.8, 4) is 0 Å². The lowest BCUT2D eigenvalue weighted by Crippen LogP contribution is -2.06. The van der Waals surface area contributed by atoms with Gasteiger partial charge in [-0.3, -0.25) is 0 Å². The Hall–Kier alpha value is 0.507. The average Bonchev–Trinajstić information content (AvgIpc) is 2.04. The van der Waals surface area contributed by atoms with Crippen molar-refractivity contribution in [3.05, 3.63) is 0 Å². The molecule has 0 saturated heterocycles. The van der Waals surface area contributed by atoms with Crippen LogP contribution in [0, 0.1) is 0 Å². The largest absolute Gasteiger partial charge is 0.127 e. The molecule has 68 valence electrons. The van der Waals surface area contributed by atoms with Crippen LogP contribution in [0.3, 0.4) is 0 Å². The van der Waals surface area contributed by atoms with Crippen molar-refractivity contribution in [1.29, 1.82) is 0 Å². The highest BCUT2D eigenvalue weighted by atomic mass is 35.5. The van der Waals surface area contributed by atoms with E-state index in [1.54, 1.807) is 0 Å². The summed E-state index contributed by atoms with van der Waals surface area (Å²) < 4.78 is 0. The van der Waals surface area contributed by atoms with Gasteiger partial charge in [0.15, 0.2) is 0 Å². The van der Waals surface area contributed by atoms with Crippen molar-refractivity contribution >= 4 is 21.1 Å². The summed E-state index contributed by atoms with van der Waals surface area (Å²) in [5.74, 6) is 0. The molecule has 0 rings (SSSR count). The molecule has 0 aromatic rings. The Labute approximate surface area is 78.5 Å². The summed E-state index contributed by atoms with van der Waals surface area (Å²) in [5, 5.41) is 0.566. The second-order valence-corrected chi connectivity index (χ2v) is 6.61. The molecule has 0 aliphatic rings. The molecule has 0 radical (unpaired) electrons. The van der Waals surface area contributed by atoms with Crippen LogP contribution < -0.4 is 0 Å². The van der Waals surface area contributed by atoms with Gasteiger partial charge in [0.25, 0.3) is 0 Å². The molecule has 0 aliphatic heterocycles. The van der Waals surface area contributed by atoms with E-state index in [1.165, 1.54) is 38.1 Å². The van der Waals surface area contributed by atoms with E-state index in [4.69, 9.17) is 11.6 Å². The number of alkyl halides is 1. The quantitative estimate of drug-likeness (QED) is 0.331. The molecule has 0 fully saturated rings. The first-order valence-electron chi connectivity index (χ1n) is 4.95. The van der Waals surface area contributed by atoms with Gasteiger partial charge >= 0.3 is 0 Å². The Morgan fingerprint density at radius 3 is 2.45 bits per heavy atom. The third kappa shape index (κ3) is 8.41. The van der Waals surface area contributed by atoms with Crippen LogP contribution in [0.4, 0.5) is 0 Å². The summed E-state index contributed by atoms with van der Waals surface area (Å²) in [7, 11) is 0.0731. The second kappa shape index (κ2) is 8.60. The minimum atomic E-state index is 0.0731. The van der Waals surface area contributed by atoms with E-state index in [-0.39, 0.29) is 9.52 Å². The van der Waals surface area contributed by atoms with Crippen LogP contribution in [-0.4, -0.2) is 14.5 Å². The summed E-state index contributed by atoms with van der Waals surface area (Å²) in [6.45, 7) is 4.45. The van der Waals surface area contributed by atoms with Gasteiger partial charge in [0.05, 0.1) is 0 Å². The fourth-order valence-electron chi connectivity index (χ4n) is 1.17. The number of rotatable bonds is 7. The number of unbranched alkanes of at least 4 members (excludes halogenated alkanes) is 3. The van der Waals surface area contributed by atoms with Crippen molar-refractivity contribution in [2.24, 2.45) is 0 Å². The van der Waals surface area contributed by atoms with E-state index in [2.05, 4.69) is 13.8 Å². The van der Waals surface area contributed by atoms with E-state index >= 15 is 0 Å². The van der Waals surface area contributed by atoms with Crippen LogP contribution in [0.25, 0.3) is 0 Å². The molecule has 0 nitrogen and oxygen atoms in total. The van der Waals surface area contributed by atoms with Crippen molar-refractivity contribution in [3.63, 3.8) is 0 Å². The van der Waals surface area contributed by atoms with E-state index in [1.807, 2.05) is 0 Å². The smallest absolute Gasteiger partial charge is 0.0418 e. The molecular weight excluding hydrogens is 172 g/mol. The minimum Gasteiger partial charge on any atom is -0.127 e. The molecule has 0 bridgehead atoms. The van der Waals surface area contributed by atoms with Crippen molar-refractivity contribution in [1.82, 2.24) is 0 Å². The van der Waals surface area contributed by atoms with E-state index in [0.29, 0.717) is 5.00 Å². The first kappa shape index (κ1) is 11.5. The van der Waals surface area contributed by atoms with Crippen molar-refractivity contribution in [2.45, 2.75) is 57.0 Å².